The van der Waals surface area contributed by atoms with E-state index in [4.69, 9.17) is 4.74 Å². The second-order valence-electron chi connectivity index (χ2n) is 8.48. The Bertz CT molecular complexity index is 762. The molecule has 0 aliphatic carbocycles. The van der Waals surface area contributed by atoms with Crippen LogP contribution in [0, 0.1) is 0 Å². The molecular weight excluding hydrogens is 498 g/mol. The summed E-state index contributed by atoms with van der Waals surface area (Å²) < 4.78 is 25.0. The van der Waals surface area contributed by atoms with Gasteiger partial charge in [0.15, 0.2) is 0 Å². The van der Waals surface area contributed by atoms with Gasteiger partial charge >= 0.3 is 182 Å². The van der Waals surface area contributed by atoms with E-state index in [9.17, 15) is 24.2 Å². The van der Waals surface area contributed by atoms with Crippen molar-refractivity contribution in [2.24, 2.45) is 0 Å². The number of nitrogens with zero attached hydrogens (tertiary/aromatic N) is 1. The van der Waals surface area contributed by atoms with Crippen molar-refractivity contribution >= 4 is 22.0 Å². The van der Waals surface area contributed by atoms with Gasteiger partial charge in [-0.3, -0.25) is 0 Å². The molecule has 1 fully saturated rings. The third kappa shape index (κ3) is 5.55. The Labute approximate surface area is 181 Å². The summed E-state index contributed by atoms with van der Waals surface area (Å²) in [4.78, 5) is 27.9. The molecule has 0 bridgehead atoms. The van der Waals surface area contributed by atoms with Gasteiger partial charge in [-0.25, -0.2) is 0 Å². The fourth-order valence-electron chi connectivity index (χ4n) is 4.46. The molecule has 30 heavy (non-hydrogen) atoms. The number of nitrogens with one attached hydrogen (secondary N) is 1. The molecule has 0 radical (unpaired) electrons. The zero-order valence-electron chi connectivity index (χ0n) is 18.4. The molecule has 172 valence electrons. The number of halogens is 1. The van der Waals surface area contributed by atoms with Gasteiger partial charge in [-0.15, -0.1) is 0 Å². The number of alkyl halides is 1. The van der Waals surface area contributed by atoms with Gasteiger partial charge in [0.05, 0.1) is 0 Å². The Kier molecular flexibility index (Phi) is 10.0. The first-order valence-electron chi connectivity index (χ1n) is 11.3. The molecular formula is C21H37FN2O5Sn. The van der Waals surface area contributed by atoms with E-state index in [1.165, 1.54) is 6.20 Å². The third-order valence-electron chi connectivity index (χ3n) is 6.31. The van der Waals surface area contributed by atoms with Crippen LogP contribution in [-0.4, -0.2) is 63.1 Å². The predicted octanol–water partition coefficient (Wildman–Crippen LogP) is 2.18. The summed E-state index contributed by atoms with van der Waals surface area (Å²) in [6.07, 6.45) is 1.94. The molecule has 1 aliphatic heterocycles. The van der Waals surface area contributed by atoms with Crippen LogP contribution in [0.2, 0.25) is 13.3 Å². The van der Waals surface area contributed by atoms with Crippen LogP contribution in [0.5, 0.6) is 0 Å². The van der Waals surface area contributed by atoms with E-state index in [-0.39, 0.29) is 5.56 Å². The molecule has 0 aromatic carbocycles. The van der Waals surface area contributed by atoms with Crippen LogP contribution in [0.15, 0.2) is 15.8 Å². The SMILES string of the molecule is CCC[CH2][Sn]([CH2]CCC)([CH2]CCC)[c]1cn([C@@H]2O[C@H](CO)[C@@H](O)[C@@H]2F)c(=O)[nH]c1=O. The third-order valence-corrected chi connectivity index (χ3v) is 21.8. The van der Waals surface area contributed by atoms with Gasteiger partial charge in [-0.2, -0.15) is 0 Å². The quantitative estimate of drug-likeness (QED) is 0.356. The normalized spacial score (nSPS) is 24.5. The number of aromatic amines is 1. The summed E-state index contributed by atoms with van der Waals surface area (Å²) in [6.45, 7) is 5.86. The van der Waals surface area contributed by atoms with Crippen LogP contribution in [0.1, 0.15) is 65.5 Å². The number of hydrogen-bond donors (Lipinski definition) is 3. The summed E-state index contributed by atoms with van der Waals surface area (Å²) in [6, 6.07) is 0. The van der Waals surface area contributed by atoms with Crippen molar-refractivity contribution in [1.29, 1.82) is 0 Å². The van der Waals surface area contributed by atoms with Crippen molar-refractivity contribution < 1.29 is 19.3 Å². The Hall–Kier alpha value is -0.711. The van der Waals surface area contributed by atoms with Crippen molar-refractivity contribution in [3.8, 4) is 0 Å². The molecule has 3 N–H and O–H groups in total. The van der Waals surface area contributed by atoms with E-state index in [1.807, 2.05) is 0 Å². The molecule has 4 atom stereocenters. The van der Waals surface area contributed by atoms with Gasteiger partial charge < -0.3 is 0 Å². The molecule has 1 aliphatic rings. The van der Waals surface area contributed by atoms with Crippen LogP contribution >= 0.6 is 0 Å². The fraction of sp³-hybridized carbons (Fsp3) is 0.810. The fourth-order valence-corrected chi connectivity index (χ4v) is 20.5. The second-order valence-corrected chi connectivity index (χ2v) is 21.6. The summed E-state index contributed by atoms with van der Waals surface area (Å²) in [5.74, 6) is 0. The molecule has 9 heteroatoms. The molecule has 1 aromatic heterocycles. The van der Waals surface area contributed by atoms with Gasteiger partial charge in [0, 0.05) is 0 Å². The van der Waals surface area contributed by atoms with Gasteiger partial charge in [-0.05, 0) is 0 Å². The number of rotatable bonds is 12. The molecule has 0 saturated carbocycles. The zero-order chi connectivity index (χ0) is 22.3. The average Bonchev–Trinajstić information content (AvgIpc) is 3.02. The zero-order valence-corrected chi connectivity index (χ0v) is 21.3. The molecule has 0 spiro atoms. The van der Waals surface area contributed by atoms with E-state index in [0.29, 0.717) is 3.58 Å². The van der Waals surface area contributed by atoms with E-state index >= 15 is 0 Å². The molecule has 2 heterocycles. The predicted molar refractivity (Wildman–Crippen MR) is 118 cm³/mol. The maximum absolute atomic E-state index is 14.7. The van der Waals surface area contributed by atoms with Crippen molar-refractivity contribution in [2.75, 3.05) is 6.61 Å². The van der Waals surface area contributed by atoms with E-state index in [1.54, 1.807) is 0 Å². The molecule has 0 unspecified atom stereocenters. The van der Waals surface area contributed by atoms with Crippen LogP contribution < -0.4 is 14.8 Å². The first-order chi connectivity index (χ1) is 14.3. The van der Waals surface area contributed by atoms with Crippen LogP contribution in [0.4, 0.5) is 4.39 Å². The van der Waals surface area contributed by atoms with Crippen molar-refractivity contribution in [1.82, 2.24) is 9.55 Å². The van der Waals surface area contributed by atoms with E-state index in [0.717, 1.165) is 56.4 Å². The number of ether oxygens (including phenoxy) is 1. The summed E-state index contributed by atoms with van der Waals surface area (Å²) >= 11 is -3.19. The van der Waals surface area contributed by atoms with Crippen LogP contribution in [0.25, 0.3) is 0 Å². The van der Waals surface area contributed by atoms with Gasteiger partial charge in [0.2, 0.25) is 0 Å². The standard InChI is InChI=1S/C9H10FN2O5.3C4H9.Sn/c10-6-7(15)4(3-13)17-8(6)12-2-1-5(14)11-9(12)16;3*1-3-4-2;/h2,4,6-8,13,15H,3H2,(H,11,14,16);3*1,3-4H2,2H3;/t4-,6+,7-,8-;;;;/m1..../s1. The maximum atomic E-state index is 14.7. The number of aliphatic hydroxyl groups excluding tert-OH is 2. The Morgan fingerprint density at radius 1 is 1.10 bits per heavy atom. The number of aromatic nitrogens is 2. The minimum atomic E-state index is -3.19. The molecule has 1 aromatic rings. The number of H-pyrrole nitrogens is 1. The van der Waals surface area contributed by atoms with E-state index in [2.05, 4.69) is 25.8 Å². The van der Waals surface area contributed by atoms with Crippen LogP contribution in [-0.2, 0) is 4.74 Å². The Morgan fingerprint density at radius 3 is 2.07 bits per heavy atom. The number of aliphatic hydroxyl groups is 2. The van der Waals surface area contributed by atoms with Crippen molar-refractivity contribution in [3.63, 3.8) is 0 Å². The van der Waals surface area contributed by atoms with Crippen molar-refractivity contribution in [3.05, 3.63) is 27.0 Å². The van der Waals surface area contributed by atoms with Gasteiger partial charge in [0.1, 0.15) is 0 Å². The number of unbranched alkanes of at least 4 members (excludes halogenated alkanes) is 3. The summed E-state index contributed by atoms with van der Waals surface area (Å²) in [7, 11) is 0. The average molecular weight is 535 g/mol. The second kappa shape index (κ2) is 11.8. The van der Waals surface area contributed by atoms with Gasteiger partial charge in [-0.1, -0.05) is 0 Å². The Morgan fingerprint density at radius 2 is 1.63 bits per heavy atom. The number of hydrogen-bond acceptors (Lipinski definition) is 5. The summed E-state index contributed by atoms with van der Waals surface area (Å²) in [5.41, 5.74) is -1.09. The topological polar surface area (TPSA) is 105 Å². The molecule has 0 amide bonds. The molecule has 1 saturated heterocycles. The molecule has 7 nitrogen and oxygen atoms in total. The first kappa shape index (κ1) is 25.5. The van der Waals surface area contributed by atoms with Crippen molar-refractivity contribution in [2.45, 2.75) is 97.2 Å². The van der Waals surface area contributed by atoms with E-state index < -0.39 is 55.3 Å². The first-order valence-corrected chi connectivity index (χ1v) is 18.8. The monoisotopic (exact) mass is 536 g/mol. The minimum absolute atomic E-state index is 0.344. The van der Waals surface area contributed by atoms with Crippen LogP contribution in [0.3, 0.4) is 0 Å². The molecule has 2 rings (SSSR count). The van der Waals surface area contributed by atoms with Gasteiger partial charge in [0.25, 0.3) is 0 Å². The Balaban J connectivity index is 2.57. The summed E-state index contributed by atoms with van der Waals surface area (Å²) in [5, 5.41) is 19.3.